The van der Waals surface area contributed by atoms with Crippen LogP contribution in [0.15, 0.2) is 35.3 Å². The van der Waals surface area contributed by atoms with Crippen LogP contribution in [0.5, 0.6) is 0 Å². The SMILES string of the molecule is Nc1ccc2c(=O)n(C3CCC(=O)NC3=O)ccc2c1. The number of anilines is 1. The molecule has 0 radical (unpaired) electrons. The molecule has 6 heteroatoms. The standard InChI is InChI=1S/C14H13N3O3/c15-9-1-2-10-8(7-9)5-6-17(14(10)20)11-3-4-12(18)16-13(11)19/h1-2,5-7,11H,3-4,15H2,(H,16,18,19). The van der Waals surface area contributed by atoms with E-state index in [1.54, 1.807) is 30.5 Å². The summed E-state index contributed by atoms with van der Waals surface area (Å²) in [7, 11) is 0. The minimum absolute atomic E-state index is 0.239. The molecule has 0 bridgehead atoms. The second-order valence-electron chi connectivity index (χ2n) is 4.84. The molecular formula is C14H13N3O3. The van der Waals surface area contributed by atoms with Crippen molar-refractivity contribution in [2.24, 2.45) is 0 Å². The van der Waals surface area contributed by atoms with E-state index in [2.05, 4.69) is 5.32 Å². The van der Waals surface area contributed by atoms with Crippen molar-refractivity contribution in [1.82, 2.24) is 9.88 Å². The summed E-state index contributed by atoms with van der Waals surface area (Å²) in [5.74, 6) is -0.731. The fraction of sp³-hybridized carbons (Fsp3) is 0.214. The number of rotatable bonds is 1. The van der Waals surface area contributed by atoms with Crippen LogP contribution in [0.2, 0.25) is 0 Å². The van der Waals surface area contributed by atoms with Crippen molar-refractivity contribution in [2.45, 2.75) is 18.9 Å². The van der Waals surface area contributed by atoms with Crippen LogP contribution in [0.3, 0.4) is 0 Å². The van der Waals surface area contributed by atoms with Gasteiger partial charge in [0, 0.05) is 23.7 Å². The summed E-state index contributed by atoms with van der Waals surface area (Å²) >= 11 is 0. The highest BCUT2D eigenvalue weighted by Gasteiger charge is 2.28. The van der Waals surface area contributed by atoms with Crippen LogP contribution in [0, 0.1) is 0 Å². The lowest BCUT2D eigenvalue weighted by atomic mass is 10.0. The Morgan fingerprint density at radius 3 is 2.75 bits per heavy atom. The molecule has 20 heavy (non-hydrogen) atoms. The Balaban J connectivity index is 2.11. The van der Waals surface area contributed by atoms with Crippen molar-refractivity contribution in [3.8, 4) is 0 Å². The van der Waals surface area contributed by atoms with E-state index in [1.807, 2.05) is 0 Å². The number of fused-ring (bicyclic) bond motifs is 1. The van der Waals surface area contributed by atoms with E-state index in [0.29, 0.717) is 17.5 Å². The molecule has 3 rings (SSSR count). The lowest BCUT2D eigenvalue weighted by molar-refractivity contribution is -0.135. The highest BCUT2D eigenvalue weighted by Crippen LogP contribution is 2.19. The van der Waals surface area contributed by atoms with Gasteiger partial charge in [-0.2, -0.15) is 0 Å². The predicted octanol–water partition coefficient (Wildman–Crippen LogP) is 0.561. The molecule has 1 atom stereocenters. The second kappa shape index (κ2) is 4.48. The number of aromatic nitrogens is 1. The lowest BCUT2D eigenvalue weighted by Gasteiger charge is -2.23. The third kappa shape index (κ3) is 1.95. The van der Waals surface area contributed by atoms with Crippen LogP contribution in [0.1, 0.15) is 18.9 Å². The molecule has 102 valence electrons. The Kier molecular flexibility index (Phi) is 2.78. The van der Waals surface area contributed by atoms with Gasteiger partial charge in [-0.1, -0.05) is 0 Å². The van der Waals surface area contributed by atoms with E-state index in [4.69, 9.17) is 5.73 Å². The van der Waals surface area contributed by atoms with Crippen molar-refractivity contribution in [1.29, 1.82) is 0 Å². The Labute approximate surface area is 114 Å². The van der Waals surface area contributed by atoms with Gasteiger partial charge in [0.2, 0.25) is 11.8 Å². The maximum absolute atomic E-state index is 12.4. The minimum Gasteiger partial charge on any atom is -0.399 e. The van der Waals surface area contributed by atoms with Gasteiger partial charge in [0.05, 0.1) is 0 Å². The average Bonchev–Trinajstić information content (AvgIpc) is 2.40. The molecule has 1 fully saturated rings. The fourth-order valence-corrected chi connectivity index (χ4v) is 2.47. The van der Waals surface area contributed by atoms with Crippen LogP contribution in [0.25, 0.3) is 10.8 Å². The maximum atomic E-state index is 12.4. The molecule has 1 aromatic heterocycles. The van der Waals surface area contributed by atoms with Crippen LogP contribution >= 0.6 is 0 Å². The molecule has 1 saturated heterocycles. The van der Waals surface area contributed by atoms with E-state index < -0.39 is 11.9 Å². The highest BCUT2D eigenvalue weighted by atomic mass is 16.2. The number of piperidine rings is 1. The van der Waals surface area contributed by atoms with Crippen molar-refractivity contribution in [3.63, 3.8) is 0 Å². The Morgan fingerprint density at radius 2 is 2.00 bits per heavy atom. The number of nitrogen functional groups attached to an aromatic ring is 1. The molecule has 2 heterocycles. The number of amides is 2. The zero-order valence-corrected chi connectivity index (χ0v) is 10.6. The average molecular weight is 271 g/mol. The molecule has 2 amide bonds. The summed E-state index contributed by atoms with van der Waals surface area (Å²) in [5.41, 5.74) is 6.01. The van der Waals surface area contributed by atoms with E-state index in [0.717, 1.165) is 5.39 Å². The first kappa shape index (κ1) is 12.4. The number of pyridine rings is 1. The molecular weight excluding hydrogens is 258 g/mol. The topological polar surface area (TPSA) is 94.2 Å². The number of carbonyl (C=O) groups is 2. The van der Waals surface area contributed by atoms with Gasteiger partial charge in [-0.15, -0.1) is 0 Å². The smallest absolute Gasteiger partial charge is 0.259 e. The fourth-order valence-electron chi connectivity index (χ4n) is 2.47. The van der Waals surface area contributed by atoms with Gasteiger partial charge in [-0.3, -0.25) is 19.7 Å². The van der Waals surface area contributed by atoms with Gasteiger partial charge in [0.1, 0.15) is 6.04 Å². The maximum Gasteiger partial charge on any atom is 0.259 e. The van der Waals surface area contributed by atoms with Gasteiger partial charge >= 0.3 is 0 Å². The molecule has 1 unspecified atom stereocenters. The Bertz CT molecular complexity index is 779. The molecule has 3 N–H and O–H groups in total. The van der Waals surface area contributed by atoms with E-state index >= 15 is 0 Å². The first-order chi connectivity index (χ1) is 9.56. The normalized spacial score (nSPS) is 19.1. The van der Waals surface area contributed by atoms with Crippen molar-refractivity contribution < 1.29 is 9.59 Å². The van der Waals surface area contributed by atoms with E-state index in [1.165, 1.54) is 4.57 Å². The van der Waals surface area contributed by atoms with Gasteiger partial charge in [0.25, 0.3) is 5.56 Å². The second-order valence-corrected chi connectivity index (χ2v) is 4.84. The predicted molar refractivity (Wildman–Crippen MR) is 74.0 cm³/mol. The third-order valence-electron chi connectivity index (χ3n) is 3.50. The molecule has 6 nitrogen and oxygen atoms in total. The largest absolute Gasteiger partial charge is 0.399 e. The van der Waals surface area contributed by atoms with E-state index in [9.17, 15) is 14.4 Å². The minimum atomic E-state index is -0.637. The molecule has 0 saturated carbocycles. The van der Waals surface area contributed by atoms with Gasteiger partial charge in [-0.25, -0.2) is 0 Å². The molecule has 0 spiro atoms. The zero-order valence-electron chi connectivity index (χ0n) is 10.6. The van der Waals surface area contributed by atoms with Crippen LogP contribution < -0.4 is 16.6 Å². The number of hydrogen-bond acceptors (Lipinski definition) is 4. The van der Waals surface area contributed by atoms with E-state index in [-0.39, 0.29) is 17.9 Å². The number of nitrogens with zero attached hydrogens (tertiary/aromatic N) is 1. The Hall–Kier alpha value is -2.63. The third-order valence-corrected chi connectivity index (χ3v) is 3.50. The Morgan fingerprint density at radius 1 is 1.20 bits per heavy atom. The van der Waals surface area contributed by atoms with Crippen molar-refractivity contribution >= 4 is 28.3 Å². The summed E-state index contributed by atoms with van der Waals surface area (Å²) in [6.07, 6.45) is 2.15. The summed E-state index contributed by atoms with van der Waals surface area (Å²) in [6, 6.07) is 6.12. The molecule has 0 aliphatic carbocycles. The number of benzene rings is 1. The number of nitrogens with two attached hydrogens (primary N) is 1. The number of imide groups is 1. The molecule has 1 aromatic carbocycles. The quantitative estimate of drug-likeness (QED) is 0.585. The van der Waals surface area contributed by atoms with Gasteiger partial charge in [-0.05, 0) is 36.1 Å². The molecule has 1 aliphatic heterocycles. The number of hydrogen-bond donors (Lipinski definition) is 2. The van der Waals surface area contributed by atoms with Gasteiger partial charge in [0.15, 0.2) is 0 Å². The number of nitrogens with one attached hydrogen (secondary N) is 1. The highest BCUT2D eigenvalue weighted by molar-refractivity contribution is 5.99. The van der Waals surface area contributed by atoms with Crippen LogP contribution in [0.4, 0.5) is 5.69 Å². The van der Waals surface area contributed by atoms with Gasteiger partial charge < -0.3 is 10.3 Å². The summed E-state index contributed by atoms with van der Waals surface area (Å²) in [6.45, 7) is 0. The number of carbonyl (C=O) groups excluding carboxylic acids is 2. The molecule has 1 aliphatic rings. The summed E-state index contributed by atoms with van der Waals surface area (Å²) < 4.78 is 1.38. The summed E-state index contributed by atoms with van der Waals surface area (Å²) in [4.78, 5) is 35.4. The first-order valence-electron chi connectivity index (χ1n) is 6.30. The molecule has 2 aromatic rings. The van der Waals surface area contributed by atoms with Crippen LogP contribution in [-0.2, 0) is 9.59 Å². The lowest BCUT2D eigenvalue weighted by Crippen LogP contribution is -2.44. The first-order valence-corrected chi connectivity index (χ1v) is 6.30. The zero-order chi connectivity index (χ0) is 14.3. The van der Waals surface area contributed by atoms with Crippen LogP contribution in [-0.4, -0.2) is 16.4 Å². The summed E-state index contributed by atoms with van der Waals surface area (Å²) in [5, 5.41) is 3.50. The van der Waals surface area contributed by atoms with Crippen molar-refractivity contribution in [2.75, 3.05) is 5.73 Å². The van der Waals surface area contributed by atoms with Crippen molar-refractivity contribution in [3.05, 3.63) is 40.8 Å². The monoisotopic (exact) mass is 271 g/mol.